The van der Waals surface area contributed by atoms with E-state index in [0.717, 1.165) is 63.4 Å². The number of aliphatic hydroxyl groups excluding tert-OH is 1. The summed E-state index contributed by atoms with van der Waals surface area (Å²) in [7, 11) is 6.15. The monoisotopic (exact) mass is 386 g/mol. The molecule has 6 nitrogen and oxygen atoms in total. The average Bonchev–Trinajstić information content (AvgIpc) is 3.10. The van der Waals surface area contributed by atoms with Crippen LogP contribution in [0.3, 0.4) is 0 Å². The molecule has 6 heteroatoms. The summed E-state index contributed by atoms with van der Waals surface area (Å²) in [5, 5.41) is 10.8. The molecule has 2 heterocycles. The summed E-state index contributed by atoms with van der Waals surface area (Å²) in [6.45, 7) is 5.83. The maximum absolute atomic E-state index is 13.1. The molecule has 1 aromatic rings. The summed E-state index contributed by atoms with van der Waals surface area (Å²) >= 11 is 0. The average molecular weight is 387 g/mol. The van der Waals surface area contributed by atoms with Crippen molar-refractivity contribution in [3.63, 3.8) is 0 Å². The van der Waals surface area contributed by atoms with Crippen LogP contribution in [0.2, 0.25) is 0 Å². The fourth-order valence-corrected chi connectivity index (χ4v) is 5.22. The van der Waals surface area contributed by atoms with Crippen LogP contribution >= 0.6 is 0 Å². The first kappa shape index (κ1) is 19.7. The SMILES string of the molecule is CN1CCN([C@@H]2C[C@@H]3CN(C(=O)c4cccc(N(C)C)c4)C[C@@H]3C[C@H]2O)CC1. The first-order chi connectivity index (χ1) is 13.4. The first-order valence-corrected chi connectivity index (χ1v) is 10.6. The Morgan fingerprint density at radius 1 is 1.07 bits per heavy atom. The largest absolute Gasteiger partial charge is 0.391 e. The predicted molar refractivity (Wildman–Crippen MR) is 112 cm³/mol. The number of carbonyl (C=O) groups is 1. The van der Waals surface area contributed by atoms with Crippen LogP contribution in [0.5, 0.6) is 0 Å². The maximum Gasteiger partial charge on any atom is 0.253 e. The van der Waals surface area contributed by atoms with Gasteiger partial charge in [0, 0.05) is 70.7 Å². The highest BCUT2D eigenvalue weighted by Crippen LogP contribution is 2.39. The minimum Gasteiger partial charge on any atom is -0.391 e. The Labute approximate surface area is 168 Å². The van der Waals surface area contributed by atoms with Gasteiger partial charge in [0.15, 0.2) is 0 Å². The number of amides is 1. The zero-order chi connectivity index (χ0) is 19.8. The van der Waals surface area contributed by atoms with E-state index < -0.39 is 0 Å². The second kappa shape index (κ2) is 8.01. The molecule has 1 saturated carbocycles. The van der Waals surface area contributed by atoms with Crippen LogP contribution in [0.15, 0.2) is 24.3 Å². The third-order valence-electron chi connectivity index (χ3n) is 7.01. The van der Waals surface area contributed by atoms with E-state index in [9.17, 15) is 9.90 Å². The van der Waals surface area contributed by atoms with Crippen molar-refractivity contribution in [2.45, 2.75) is 25.0 Å². The minimum atomic E-state index is -0.267. The second-order valence-corrected chi connectivity index (χ2v) is 9.12. The molecule has 28 heavy (non-hydrogen) atoms. The van der Waals surface area contributed by atoms with Gasteiger partial charge in [0.1, 0.15) is 0 Å². The van der Waals surface area contributed by atoms with Gasteiger partial charge < -0.3 is 19.8 Å². The molecule has 0 spiro atoms. The molecule has 0 unspecified atom stereocenters. The van der Waals surface area contributed by atoms with E-state index in [4.69, 9.17) is 0 Å². The molecule has 2 aliphatic heterocycles. The van der Waals surface area contributed by atoms with Gasteiger partial charge in [0.05, 0.1) is 6.10 Å². The summed E-state index contributed by atoms with van der Waals surface area (Å²) in [4.78, 5) is 22.0. The quantitative estimate of drug-likeness (QED) is 0.846. The summed E-state index contributed by atoms with van der Waals surface area (Å²) in [5.41, 5.74) is 1.81. The molecule has 0 aromatic heterocycles. The molecule has 1 amide bonds. The van der Waals surface area contributed by atoms with Crippen LogP contribution in [-0.2, 0) is 0 Å². The molecular weight excluding hydrogens is 352 g/mol. The Morgan fingerprint density at radius 3 is 2.43 bits per heavy atom. The lowest BCUT2D eigenvalue weighted by Crippen LogP contribution is -2.55. The Kier molecular flexibility index (Phi) is 5.63. The number of benzene rings is 1. The number of piperazine rings is 1. The molecule has 1 aromatic carbocycles. The van der Waals surface area contributed by atoms with E-state index in [1.54, 1.807) is 0 Å². The molecule has 154 valence electrons. The van der Waals surface area contributed by atoms with E-state index in [0.29, 0.717) is 11.8 Å². The van der Waals surface area contributed by atoms with Crippen molar-refractivity contribution in [2.75, 3.05) is 65.3 Å². The molecule has 4 rings (SSSR count). The lowest BCUT2D eigenvalue weighted by molar-refractivity contribution is -0.0249. The lowest BCUT2D eigenvalue weighted by atomic mass is 9.77. The summed E-state index contributed by atoms with van der Waals surface area (Å²) in [5.74, 6) is 1.07. The molecule has 0 bridgehead atoms. The fourth-order valence-electron chi connectivity index (χ4n) is 5.22. The van der Waals surface area contributed by atoms with Crippen LogP contribution in [0.1, 0.15) is 23.2 Å². The normalized spacial score (nSPS) is 31.6. The zero-order valence-corrected chi connectivity index (χ0v) is 17.4. The number of likely N-dealkylation sites (N-methyl/N-ethyl adjacent to an activating group) is 1. The highest BCUT2D eigenvalue weighted by Gasteiger charge is 2.44. The summed E-state index contributed by atoms with van der Waals surface area (Å²) in [6.07, 6.45) is 1.57. The van der Waals surface area contributed by atoms with E-state index >= 15 is 0 Å². The standard InChI is InChI=1S/C22H34N4O2/c1-23(2)19-6-4-5-16(11-19)22(28)26-14-17-12-20(21(27)13-18(17)15-26)25-9-7-24(3)8-10-25/h4-6,11,17-18,20-21,27H,7-10,12-15H2,1-3H3/t17-,18+,20-,21-/m1/s1. The zero-order valence-electron chi connectivity index (χ0n) is 17.4. The van der Waals surface area contributed by atoms with Crippen molar-refractivity contribution in [2.24, 2.45) is 11.8 Å². The van der Waals surface area contributed by atoms with Gasteiger partial charge in [0.2, 0.25) is 0 Å². The van der Waals surface area contributed by atoms with Crippen molar-refractivity contribution in [1.29, 1.82) is 0 Å². The second-order valence-electron chi connectivity index (χ2n) is 9.12. The molecule has 3 fully saturated rings. The molecule has 2 saturated heterocycles. The summed E-state index contributed by atoms with van der Waals surface area (Å²) < 4.78 is 0. The van der Waals surface area contributed by atoms with Gasteiger partial charge in [0.25, 0.3) is 5.91 Å². The molecule has 3 aliphatic rings. The van der Waals surface area contributed by atoms with Crippen LogP contribution in [0, 0.1) is 11.8 Å². The summed E-state index contributed by atoms with van der Waals surface area (Å²) in [6, 6.07) is 8.13. The predicted octanol–water partition coefficient (Wildman–Crippen LogP) is 1.21. The lowest BCUT2D eigenvalue weighted by Gasteiger charge is -2.44. The minimum absolute atomic E-state index is 0.128. The number of rotatable bonds is 3. The van der Waals surface area contributed by atoms with Crippen molar-refractivity contribution in [3.05, 3.63) is 29.8 Å². The Hall–Kier alpha value is -1.63. The van der Waals surface area contributed by atoms with Gasteiger partial charge >= 0.3 is 0 Å². The topological polar surface area (TPSA) is 50.3 Å². The van der Waals surface area contributed by atoms with Gasteiger partial charge in [-0.2, -0.15) is 0 Å². The van der Waals surface area contributed by atoms with Gasteiger partial charge in [-0.05, 0) is 49.9 Å². The number of aliphatic hydroxyl groups is 1. The molecule has 1 aliphatic carbocycles. The number of fused-ring (bicyclic) bond motifs is 1. The number of carbonyl (C=O) groups excluding carboxylic acids is 1. The number of hydrogen-bond donors (Lipinski definition) is 1. The molecular formula is C22H34N4O2. The number of anilines is 1. The maximum atomic E-state index is 13.1. The van der Waals surface area contributed by atoms with E-state index in [2.05, 4.69) is 16.8 Å². The van der Waals surface area contributed by atoms with Gasteiger partial charge in [-0.1, -0.05) is 6.07 Å². The molecule has 1 N–H and O–H groups in total. The van der Waals surface area contributed by atoms with Crippen LogP contribution in [0.25, 0.3) is 0 Å². The van der Waals surface area contributed by atoms with Crippen LogP contribution < -0.4 is 4.90 Å². The number of nitrogens with zero attached hydrogens (tertiary/aromatic N) is 4. The first-order valence-electron chi connectivity index (χ1n) is 10.6. The van der Waals surface area contributed by atoms with Gasteiger partial charge in [-0.3, -0.25) is 9.69 Å². The van der Waals surface area contributed by atoms with Gasteiger partial charge in [-0.15, -0.1) is 0 Å². The van der Waals surface area contributed by atoms with Crippen LogP contribution in [-0.4, -0.2) is 98.3 Å². The number of hydrogen-bond acceptors (Lipinski definition) is 5. The van der Waals surface area contributed by atoms with Crippen LogP contribution in [0.4, 0.5) is 5.69 Å². The van der Waals surface area contributed by atoms with Crippen molar-refractivity contribution in [3.8, 4) is 0 Å². The number of likely N-dealkylation sites (tertiary alicyclic amines) is 1. The van der Waals surface area contributed by atoms with E-state index in [1.807, 2.05) is 48.2 Å². The molecule has 4 atom stereocenters. The Balaban J connectivity index is 1.42. The van der Waals surface area contributed by atoms with Gasteiger partial charge in [-0.25, -0.2) is 0 Å². The van der Waals surface area contributed by atoms with Crippen molar-refractivity contribution in [1.82, 2.24) is 14.7 Å². The van der Waals surface area contributed by atoms with E-state index in [1.165, 1.54) is 0 Å². The fraction of sp³-hybridized carbons (Fsp3) is 0.682. The molecule has 0 radical (unpaired) electrons. The van der Waals surface area contributed by atoms with Crippen molar-refractivity contribution < 1.29 is 9.90 Å². The Morgan fingerprint density at radius 2 is 1.75 bits per heavy atom. The van der Waals surface area contributed by atoms with Crippen molar-refractivity contribution >= 4 is 11.6 Å². The smallest absolute Gasteiger partial charge is 0.253 e. The third-order valence-corrected chi connectivity index (χ3v) is 7.01. The Bertz CT molecular complexity index is 702. The highest BCUT2D eigenvalue weighted by atomic mass is 16.3. The van der Waals surface area contributed by atoms with E-state index in [-0.39, 0.29) is 18.1 Å². The highest BCUT2D eigenvalue weighted by molar-refractivity contribution is 5.95. The third kappa shape index (κ3) is 3.91.